The second-order valence-electron chi connectivity index (χ2n) is 6.37. The van der Waals surface area contributed by atoms with E-state index in [4.69, 9.17) is 14.6 Å². The monoisotopic (exact) mass is 334 g/mol. The van der Waals surface area contributed by atoms with Crippen LogP contribution in [0.2, 0.25) is 0 Å². The van der Waals surface area contributed by atoms with Gasteiger partial charge in [0.2, 0.25) is 0 Å². The molecule has 7 nitrogen and oxygen atoms in total. The highest BCUT2D eigenvalue weighted by Gasteiger charge is 2.52. The van der Waals surface area contributed by atoms with Gasteiger partial charge in [-0.15, -0.1) is 0 Å². The number of fused-ring (bicyclic) bond motifs is 1. The van der Waals surface area contributed by atoms with Gasteiger partial charge in [-0.2, -0.15) is 0 Å². The van der Waals surface area contributed by atoms with Crippen LogP contribution in [0.25, 0.3) is 0 Å². The molecule has 1 aromatic heterocycles. The molecule has 2 heterocycles. The van der Waals surface area contributed by atoms with E-state index in [-0.39, 0.29) is 30.3 Å². The molecular weight excluding hydrogens is 312 g/mol. The number of pyridine rings is 1. The van der Waals surface area contributed by atoms with Gasteiger partial charge in [-0.1, -0.05) is 0 Å². The zero-order chi connectivity index (χ0) is 17.2. The Morgan fingerprint density at radius 2 is 2.12 bits per heavy atom. The first-order valence-electron chi connectivity index (χ1n) is 8.15. The molecule has 1 aliphatic carbocycles. The van der Waals surface area contributed by atoms with Gasteiger partial charge in [-0.3, -0.25) is 9.78 Å². The lowest BCUT2D eigenvalue weighted by Gasteiger charge is -2.43. The Balaban J connectivity index is 1.77. The van der Waals surface area contributed by atoms with Crippen LogP contribution in [0.4, 0.5) is 0 Å². The summed E-state index contributed by atoms with van der Waals surface area (Å²) in [6, 6.07) is 3.31. The van der Waals surface area contributed by atoms with Crippen LogP contribution in [0.15, 0.2) is 24.5 Å². The smallest absolute Gasteiger partial charge is 0.329 e. The second kappa shape index (κ2) is 6.86. The number of methoxy groups -OCH3 is 1. The summed E-state index contributed by atoms with van der Waals surface area (Å²) < 4.78 is 11.3. The number of likely N-dealkylation sites (tertiary alicyclic amines) is 1. The summed E-state index contributed by atoms with van der Waals surface area (Å²) >= 11 is 0. The molecule has 1 aromatic rings. The number of amides is 1. The van der Waals surface area contributed by atoms with Crippen molar-refractivity contribution >= 4 is 11.9 Å². The molecule has 1 N–H and O–H groups in total. The summed E-state index contributed by atoms with van der Waals surface area (Å²) in [6.07, 6.45) is 5.93. The summed E-state index contributed by atoms with van der Waals surface area (Å²) in [5, 5.41) is 8.80. The van der Waals surface area contributed by atoms with Crippen LogP contribution >= 0.6 is 0 Å². The third kappa shape index (κ3) is 3.14. The Morgan fingerprint density at radius 3 is 2.79 bits per heavy atom. The van der Waals surface area contributed by atoms with E-state index < -0.39 is 5.97 Å². The van der Waals surface area contributed by atoms with Crippen molar-refractivity contribution < 1.29 is 24.2 Å². The van der Waals surface area contributed by atoms with Crippen LogP contribution in [-0.2, 0) is 14.3 Å². The highest BCUT2D eigenvalue weighted by atomic mass is 16.5. The van der Waals surface area contributed by atoms with E-state index in [9.17, 15) is 9.59 Å². The number of aromatic nitrogens is 1. The van der Waals surface area contributed by atoms with Gasteiger partial charge < -0.3 is 19.5 Å². The largest absolute Gasteiger partial charge is 0.480 e. The molecule has 0 bridgehead atoms. The molecular formula is C17H22N2O5. The van der Waals surface area contributed by atoms with Gasteiger partial charge in [0.25, 0.3) is 5.91 Å². The molecule has 0 unspecified atom stereocenters. The molecule has 130 valence electrons. The van der Waals surface area contributed by atoms with Gasteiger partial charge in [0, 0.05) is 31.6 Å². The number of ether oxygens (including phenoxy) is 2. The lowest BCUT2D eigenvalue weighted by atomic mass is 9.79. The molecule has 3 rings (SSSR count). The fraction of sp³-hybridized carbons (Fsp3) is 0.588. The molecule has 0 radical (unpaired) electrons. The SMILES string of the molecule is CO[C@@]12CC[C@H](OCC(=O)O)C[C@@H]1N(C(=O)c1ccncc1)CC2. The molecule has 3 atom stereocenters. The number of rotatable bonds is 5. The normalized spacial score (nSPS) is 29.3. The maximum atomic E-state index is 12.8. The van der Waals surface area contributed by atoms with Crippen molar-refractivity contribution in [3.63, 3.8) is 0 Å². The van der Waals surface area contributed by atoms with Gasteiger partial charge in [0.1, 0.15) is 6.61 Å². The Kier molecular flexibility index (Phi) is 4.82. The van der Waals surface area contributed by atoms with E-state index >= 15 is 0 Å². The number of nitrogens with zero attached hydrogens (tertiary/aromatic N) is 2. The molecule has 1 saturated heterocycles. The summed E-state index contributed by atoms with van der Waals surface area (Å²) in [5.74, 6) is -1.02. The van der Waals surface area contributed by atoms with Crippen LogP contribution in [0, 0.1) is 0 Å². The van der Waals surface area contributed by atoms with Crippen molar-refractivity contribution in [3.05, 3.63) is 30.1 Å². The summed E-state index contributed by atoms with van der Waals surface area (Å²) in [7, 11) is 1.69. The fourth-order valence-corrected chi connectivity index (χ4v) is 3.91. The number of carbonyl (C=O) groups excluding carboxylic acids is 1. The third-order valence-electron chi connectivity index (χ3n) is 5.17. The lowest BCUT2D eigenvalue weighted by molar-refractivity contribution is -0.148. The summed E-state index contributed by atoms with van der Waals surface area (Å²) in [5.41, 5.74) is 0.247. The summed E-state index contributed by atoms with van der Waals surface area (Å²) in [6.45, 7) is 0.320. The highest BCUT2D eigenvalue weighted by Crippen LogP contribution is 2.43. The Labute approximate surface area is 140 Å². The molecule has 1 aliphatic heterocycles. The van der Waals surface area contributed by atoms with Gasteiger partial charge >= 0.3 is 5.97 Å². The minimum Gasteiger partial charge on any atom is -0.480 e. The number of carboxylic acids is 1. The van der Waals surface area contributed by atoms with Crippen LogP contribution < -0.4 is 0 Å². The van der Waals surface area contributed by atoms with E-state index in [1.54, 1.807) is 31.6 Å². The number of aliphatic carboxylic acids is 1. The van der Waals surface area contributed by atoms with E-state index in [1.165, 1.54) is 0 Å². The zero-order valence-electron chi connectivity index (χ0n) is 13.7. The zero-order valence-corrected chi connectivity index (χ0v) is 13.7. The van der Waals surface area contributed by atoms with Crippen LogP contribution in [0.1, 0.15) is 36.0 Å². The molecule has 7 heteroatoms. The van der Waals surface area contributed by atoms with Crippen molar-refractivity contribution in [3.8, 4) is 0 Å². The molecule has 1 amide bonds. The Morgan fingerprint density at radius 1 is 1.38 bits per heavy atom. The average molecular weight is 334 g/mol. The van der Waals surface area contributed by atoms with E-state index in [0.717, 1.165) is 19.3 Å². The number of carbonyl (C=O) groups is 2. The topological polar surface area (TPSA) is 89.0 Å². The minimum atomic E-state index is -0.977. The quantitative estimate of drug-likeness (QED) is 0.874. The lowest BCUT2D eigenvalue weighted by Crippen LogP contribution is -2.53. The molecule has 0 aromatic carbocycles. The number of carboxylic acid groups (broad SMARTS) is 1. The van der Waals surface area contributed by atoms with Crippen molar-refractivity contribution in [2.45, 2.75) is 43.4 Å². The minimum absolute atomic E-state index is 0.0415. The molecule has 24 heavy (non-hydrogen) atoms. The predicted octanol–water partition coefficient (Wildman–Crippen LogP) is 1.33. The molecule has 2 aliphatic rings. The van der Waals surface area contributed by atoms with Gasteiger partial charge in [-0.05, 0) is 37.8 Å². The first-order valence-corrected chi connectivity index (χ1v) is 8.15. The fourth-order valence-electron chi connectivity index (χ4n) is 3.91. The molecule has 1 saturated carbocycles. The number of hydrogen-bond donors (Lipinski definition) is 1. The van der Waals surface area contributed by atoms with E-state index in [1.807, 2.05) is 4.90 Å². The van der Waals surface area contributed by atoms with Crippen molar-refractivity contribution in [2.75, 3.05) is 20.3 Å². The predicted molar refractivity (Wildman–Crippen MR) is 84.6 cm³/mol. The summed E-state index contributed by atoms with van der Waals surface area (Å²) in [4.78, 5) is 29.4. The van der Waals surface area contributed by atoms with Gasteiger partial charge in [0.15, 0.2) is 0 Å². The molecule has 0 spiro atoms. The Bertz CT molecular complexity index is 608. The maximum absolute atomic E-state index is 12.8. The van der Waals surface area contributed by atoms with Crippen LogP contribution in [0.3, 0.4) is 0 Å². The Hall–Kier alpha value is -1.99. The average Bonchev–Trinajstić information content (AvgIpc) is 2.99. The van der Waals surface area contributed by atoms with Gasteiger partial charge in [0.05, 0.1) is 17.7 Å². The molecule has 2 fully saturated rings. The van der Waals surface area contributed by atoms with Crippen LogP contribution in [-0.4, -0.2) is 64.9 Å². The van der Waals surface area contributed by atoms with E-state index in [0.29, 0.717) is 18.5 Å². The third-order valence-corrected chi connectivity index (χ3v) is 5.17. The second-order valence-corrected chi connectivity index (χ2v) is 6.37. The van der Waals surface area contributed by atoms with Crippen molar-refractivity contribution in [2.24, 2.45) is 0 Å². The van der Waals surface area contributed by atoms with Crippen molar-refractivity contribution in [1.29, 1.82) is 0 Å². The standard InChI is InChI=1S/C17H22N2O5/c1-23-17-5-2-13(24-11-15(20)21)10-14(17)19(9-6-17)16(22)12-3-7-18-8-4-12/h3-4,7-8,13-14H,2,5-6,9-11H2,1H3,(H,20,21)/t13-,14-,17+/m0/s1. The first kappa shape index (κ1) is 16.9. The van der Waals surface area contributed by atoms with Crippen LogP contribution in [0.5, 0.6) is 0 Å². The van der Waals surface area contributed by atoms with E-state index in [2.05, 4.69) is 4.98 Å². The first-order chi connectivity index (χ1) is 11.6. The maximum Gasteiger partial charge on any atom is 0.329 e. The number of hydrogen-bond acceptors (Lipinski definition) is 5. The van der Waals surface area contributed by atoms with Crippen molar-refractivity contribution in [1.82, 2.24) is 9.88 Å². The van der Waals surface area contributed by atoms with Gasteiger partial charge in [-0.25, -0.2) is 4.79 Å². The highest BCUT2D eigenvalue weighted by molar-refractivity contribution is 5.94.